The van der Waals surface area contributed by atoms with E-state index in [1.165, 1.54) is 0 Å². The van der Waals surface area contributed by atoms with Crippen LogP contribution in [0, 0.1) is 0 Å². The molecule has 0 spiro atoms. The lowest BCUT2D eigenvalue weighted by molar-refractivity contribution is -0.113. The highest BCUT2D eigenvalue weighted by atomic mass is 32.2. The van der Waals surface area contributed by atoms with E-state index in [9.17, 15) is 4.79 Å². The van der Waals surface area contributed by atoms with Crippen LogP contribution in [-0.2, 0) is 9.53 Å². The van der Waals surface area contributed by atoms with Gasteiger partial charge in [-0.15, -0.1) is 11.8 Å². The third kappa shape index (κ3) is 2.82. The van der Waals surface area contributed by atoms with E-state index in [0.29, 0.717) is 13.0 Å². The summed E-state index contributed by atoms with van der Waals surface area (Å²) in [6.45, 7) is 4.75. The smallest absolute Gasteiger partial charge is 0.178 e. The maximum atomic E-state index is 11.7. The molecule has 0 atom stereocenters. The Kier molecular flexibility index (Phi) is 4.13. The second-order valence-electron chi connectivity index (χ2n) is 3.81. The van der Waals surface area contributed by atoms with E-state index in [1.807, 2.05) is 0 Å². The fraction of sp³-hybridized carbons (Fsp3) is 0.800. The van der Waals surface area contributed by atoms with Crippen LogP contribution >= 0.6 is 11.8 Å². The summed E-state index contributed by atoms with van der Waals surface area (Å²) in [5.41, 5.74) is 0.749. The number of carbonyl (C=O) groups excluding carboxylic acids is 1. The van der Waals surface area contributed by atoms with Gasteiger partial charge in [-0.25, -0.2) is 0 Å². The number of nitrogens with zero attached hydrogens (tertiary/aromatic N) is 1. The summed E-state index contributed by atoms with van der Waals surface area (Å²) in [4.78, 5) is 16.0. The van der Waals surface area contributed by atoms with Crippen LogP contribution < -0.4 is 0 Å². The largest absolute Gasteiger partial charge is 0.385 e. The predicted molar refractivity (Wildman–Crippen MR) is 60.1 cm³/mol. The normalized spacial score (nSPS) is 19.5. The zero-order chi connectivity index (χ0) is 10.6. The highest BCUT2D eigenvalue weighted by molar-refractivity contribution is 8.01. The fourth-order valence-corrected chi connectivity index (χ4v) is 2.27. The van der Waals surface area contributed by atoms with E-state index in [2.05, 4.69) is 18.8 Å². The average molecular weight is 215 g/mol. The van der Waals surface area contributed by atoms with Gasteiger partial charge >= 0.3 is 0 Å². The second-order valence-corrected chi connectivity index (χ2v) is 5.38. The van der Waals surface area contributed by atoms with Gasteiger partial charge in [-0.3, -0.25) is 9.79 Å². The third-order valence-corrected chi connectivity index (χ3v) is 3.41. The molecule has 1 aliphatic rings. The Labute approximate surface area is 89.3 Å². The third-order valence-electron chi connectivity index (χ3n) is 2.23. The van der Waals surface area contributed by atoms with E-state index >= 15 is 0 Å². The van der Waals surface area contributed by atoms with Gasteiger partial charge in [0.1, 0.15) is 0 Å². The summed E-state index contributed by atoms with van der Waals surface area (Å²) in [6.07, 6.45) is 1.34. The van der Waals surface area contributed by atoms with Gasteiger partial charge in [0.2, 0.25) is 0 Å². The van der Waals surface area contributed by atoms with Gasteiger partial charge in [0, 0.05) is 20.1 Å². The van der Waals surface area contributed by atoms with Crippen molar-refractivity contribution in [3.8, 4) is 0 Å². The predicted octanol–water partition coefficient (Wildman–Crippen LogP) is 1.91. The number of hydrogen-bond donors (Lipinski definition) is 0. The van der Waals surface area contributed by atoms with Crippen molar-refractivity contribution in [2.75, 3.05) is 19.6 Å². The molecule has 0 saturated heterocycles. The van der Waals surface area contributed by atoms with Crippen molar-refractivity contribution in [2.24, 2.45) is 4.99 Å². The van der Waals surface area contributed by atoms with Crippen LogP contribution in [0.5, 0.6) is 0 Å². The minimum atomic E-state index is -0.0931. The zero-order valence-corrected chi connectivity index (χ0v) is 9.82. The molecule has 0 aliphatic carbocycles. The molecule has 0 N–H and O–H groups in total. The molecule has 80 valence electrons. The topological polar surface area (TPSA) is 38.7 Å². The molecule has 4 heteroatoms. The average Bonchev–Trinajstić information content (AvgIpc) is 2.45. The molecular formula is C10H17NO2S. The molecule has 0 fully saturated rings. The second kappa shape index (κ2) is 4.94. The number of carbonyl (C=O) groups is 1. The Morgan fingerprint density at radius 3 is 2.86 bits per heavy atom. The molecule has 1 aliphatic heterocycles. The SMILES string of the molecule is COCCCC(=O)C1=NCSC1(C)C. The van der Waals surface area contributed by atoms with Gasteiger partial charge in [0.05, 0.1) is 16.3 Å². The van der Waals surface area contributed by atoms with E-state index in [4.69, 9.17) is 4.74 Å². The molecule has 0 radical (unpaired) electrons. The molecule has 0 aromatic heterocycles. The Morgan fingerprint density at radius 2 is 2.36 bits per heavy atom. The number of aliphatic imine (C=N–C) groups is 1. The van der Waals surface area contributed by atoms with Gasteiger partial charge in [-0.05, 0) is 20.3 Å². The molecule has 0 saturated carbocycles. The van der Waals surface area contributed by atoms with Crippen molar-refractivity contribution >= 4 is 23.3 Å². The first-order valence-electron chi connectivity index (χ1n) is 4.79. The molecular weight excluding hydrogens is 198 g/mol. The number of ether oxygens (including phenoxy) is 1. The highest BCUT2D eigenvalue weighted by Crippen LogP contribution is 2.32. The van der Waals surface area contributed by atoms with Crippen molar-refractivity contribution in [3.63, 3.8) is 0 Å². The van der Waals surface area contributed by atoms with Crippen LogP contribution in [0.3, 0.4) is 0 Å². The van der Waals surface area contributed by atoms with Crippen molar-refractivity contribution < 1.29 is 9.53 Å². The van der Waals surface area contributed by atoms with Crippen LogP contribution in [-0.4, -0.2) is 35.8 Å². The monoisotopic (exact) mass is 215 g/mol. The summed E-state index contributed by atoms with van der Waals surface area (Å²) in [5.74, 6) is 0.898. The van der Waals surface area contributed by atoms with E-state index in [1.54, 1.807) is 18.9 Å². The number of methoxy groups -OCH3 is 1. The number of hydrogen-bond acceptors (Lipinski definition) is 4. The molecule has 0 bridgehead atoms. The summed E-state index contributed by atoms with van der Waals surface area (Å²) < 4.78 is 4.82. The maximum absolute atomic E-state index is 11.7. The van der Waals surface area contributed by atoms with Crippen molar-refractivity contribution in [1.82, 2.24) is 0 Å². The van der Waals surface area contributed by atoms with Gasteiger partial charge in [-0.1, -0.05) is 0 Å². The van der Waals surface area contributed by atoms with Crippen LogP contribution in [0.2, 0.25) is 0 Å². The summed E-state index contributed by atoms with van der Waals surface area (Å²) >= 11 is 1.72. The molecule has 1 rings (SSSR count). The molecule has 14 heavy (non-hydrogen) atoms. The lowest BCUT2D eigenvalue weighted by atomic mass is 10.0. The van der Waals surface area contributed by atoms with E-state index < -0.39 is 0 Å². The van der Waals surface area contributed by atoms with Crippen LogP contribution in [0.4, 0.5) is 0 Å². The van der Waals surface area contributed by atoms with Gasteiger partial charge in [0.15, 0.2) is 5.78 Å². The lowest BCUT2D eigenvalue weighted by Gasteiger charge is -2.17. The van der Waals surface area contributed by atoms with Crippen molar-refractivity contribution in [2.45, 2.75) is 31.4 Å². The molecule has 0 aromatic rings. The van der Waals surface area contributed by atoms with Crippen molar-refractivity contribution in [1.29, 1.82) is 0 Å². The zero-order valence-electron chi connectivity index (χ0n) is 9.00. The van der Waals surface area contributed by atoms with E-state index in [0.717, 1.165) is 18.0 Å². The van der Waals surface area contributed by atoms with E-state index in [-0.39, 0.29) is 10.5 Å². The van der Waals surface area contributed by atoms with Crippen LogP contribution in [0.15, 0.2) is 4.99 Å². The summed E-state index contributed by atoms with van der Waals surface area (Å²) in [5, 5.41) is 0. The first kappa shape index (κ1) is 11.7. The number of rotatable bonds is 5. The molecule has 1 heterocycles. The standard InChI is InChI=1S/C10H17NO2S/c1-10(2)9(11-7-14-10)8(12)5-4-6-13-3/h4-7H2,1-3H3. The minimum Gasteiger partial charge on any atom is -0.385 e. The molecule has 0 amide bonds. The molecule has 0 unspecified atom stereocenters. The van der Waals surface area contributed by atoms with Gasteiger partial charge in [-0.2, -0.15) is 0 Å². The summed E-state index contributed by atoms with van der Waals surface area (Å²) in [7, 11) is 1.65. The maximum Gasteiger partial charge on any atom is 0.178 e. The fourth-order valence-electron chi connectivity index (χ4n) is 1.44. The minimum absolute atomic E-state index is 0.0931. The Bertz CT molecular complexity index is 249. The first-order valence-corrected chi connectivity index (χ1v) is 5.77. The molecule has 0 aromatic carbocycles. The quantitative estimate of drug-likeness (QED) is 0.657. The summed E-state index contributed by atoms with van der Waals surface area (Å²) in [6, 6.07) is 0. The van der Waals surface area contributed by atoms with Gasteiger partial charge < -0.3 is 4.74 Å². The Balaban J connectivity index is 2.45. The van der Waals surface area contributed by atoms with Crippen LogP contribution in [0.1, 0.15) is 26.7 Å². The molecule has 3 nitrogen and oxygen atoms in total. The Hall–Kier alpha value is -0.350. The first-order chi connectivity index (χ1) is 6.58. The van der Waals surface area contributed by atoms with Crippen LogP contribution in [0.25, 0.3) is 0 Å². The van der Waals surface area contributed by atoms with Gasteiger partial charge in [0.25, 0.3) is 0 Å². The number of ketones is 1. The lowest BCUT2D eigenvalue weighted by Crippen LogP contribution is -2.31. The number of thioether (sulfide) groups is 1. The Morgan fingerprint density at radius 1 is 1.64 bits per heavy atom. The van der Waals surface area contributed by atoms with Crippen molar-refractivity contribution in [3.05, 3.63) is 0 Å². The highest BCUT2D eigenvalue weighted by Gasteiger charge is 2.34. The number of Topliss-reactive ketones (excluding diaryl/α,β-unsaturated/α-hetero) is 1.